The van der Waals surface area contributed by atoms with Crippen LogP contribution in [0.4, 0.5) is 0 Å². The first-order valence-electron chi connectivity index (χ1n) is 5.90. The molecule has 2 aromatic rings. The number of hydrogen-bond acceptors (Lipinski definition) is 3. The molecule has 0 radical (unpaired) electrons. The van der Waals surface area contributed by atoms with Gasteiger partial charge in [0.2, 0.25) is 0 Å². The van der Waals surface area contributed by atoms with E-state index in [1.807, 2.05) is 13.8 Å². The Hall–Kier alpha value is -1.88. The van der Waals surface area contributed by atoms with E-state index in [-0.39, 0.29) is 11.7 Å². The first-order valence-corrected chi connectivity index (χ1v) is 5.90. The zero-order valence-electron chi connectivity index (χ0n) is 10.4. The van der Waals surface area contributed by atoms with E-state index in [9.17, 15) is 4.79 Å². The average Bonchev–Trinajstić information content (AvgIpc) is 2.69. The lowest BCUT2D eigenvalue weighted by molar-refractivity contribution is 0.0697. The maximum Gasteiger partial charge on any atom is 0.335 e. The molecule has 0 aliphatic heterocycles. The quantitative estimate of drug-likeness (QED) is 0.850. The smallest absolute Gasteiger partial charge is 0.335 e. The molecular weight excluding hydrogens is 232 g/mol. The lowest BCUT2D eigenvalue weighted by Gasteiger charge is -2.04. The number of carbonyl (C=O) groups is 1. The summed E-state index contributed by atoms with van der Waals surface area (Å²) >= 11 is 0. The Morgan fingerprint density at radius 3 is 2.94 bits per heavy atom. The van der Waals surface area contributed by atoms with Crippen LogP contribution in [0.15, 0.2) is 18.2 Å². The molecule has 2 N–H and O–H groups in total. The second-order valence-electron chi connectivity index (χ2n) is 4.39. The van der Waals surface area contributed by atoms with Crippen LogP contribution in [0.5, 0.6) is 0 Å². The molecule has 0 saturated heterocycles. The SMILES string of the molecule is CC(C)OCCc1nc2ccc(C(=O)O)cc2[nH]1. The normalized spacial score (nSPS) is 11.3. The number of nitrogens with zero attached hydrogens (tertiary/aromatic N) is 1. The molecular formula is C13H16N2O3. The monoisotopic (exact) mass is 248 g/mol. The van der Waals surface area contributed by atoms with Crippen LogP contribution in [0.25, 0.3) is 11.0 Å². The van der Waals surface area contributed by atoms with Crippen LogP contribution in [-0.2, 0) is 11.2 Å². The van der Waals surface area contributed by atoms with Crippen molar-refractivity contribution < 1.29 is 14.6 Å². The molecule has 0 unspecified atom stereocenters. The van der Waals surface area contributed by atoms with Crippen LogP contribution in [0, 0.1) is 0 Å². The van der Waals surface area contributed by atoms with Crippen molar-refractivity contribution >= 4 is 17.0 Å². The van der Waals surface area contributed by atoms with Gasteiger partial charge < -0.3 is 14.8 Å². The summed E-state index contributed by atoms with van der Waals surface area (Å²) in [7, 11) is 0. The molecule has 5 nitrogen and oxygen atoms in total. The third-order valence-electron chi connectivity index (χ3n) is 2.57. The highest BCUT2D eigenvalue weighted by Crippen LogP contribution is 2.14. The summed E-state index contributed by atoms with van der Waals surface area (Å²) in [5, 5.41) is 8.90. The van der Waals surface area contributed by atoms with Gasteiger partial charge in [-0.2, -0.15) is 0 Å². The van der Waals surface area contributed by atoms with Gasteiger partial charge in [0.05, 0.1) is 29.3 Å². The number of aromatic carboxylic acids is 1. The summed E-state index contributed by atoms with van der Waals surface area (Å²) in [5.41, 5.74) is 1.78. The minimum absolute atomic E-state index is 0.202. The van der Waals surface area contributed by atoms with Crippen LogP contribution in [-0.4, -0.2) is 33.8 Å². The summed E-state index contributed by atoms with van der Waals surface area (Å²) in [4.78, 5) is 18.3. The second kappa shape index (κ2) is 5.18. The van der Waals surface area contributed by atoms with E-state index in [2.05, 4.69) is 9.97 Å². The third-order valence-corrected chi connectivity index (χ3v) is 2.57. The van der Waals surface area contributed by atoms with E-state index in [4.69, 9.17) is 9.84 Å². The van der Waals surface area contributed by atoms with E-state index < -0.39 is 5.97 Å². The molecule has 1 aromatic heterocycles. The fourth-order valence-electron chi connectivity index (χ4n) is 1.71. The molecule has 0 spiro atoms. The number of benzene rings is 1. The molecule has 0 saturated carbocycles. The van der Waals surface area contributed by atoms with E-state index in [0.29, 0.717) is 13.0 Å². The van der Waals surface area contributed by atoms with Gasteiger partial charge in [-0.3, -0.25) is 0 Å². The van der Waals surface area contributed by atoms with Gasteiger partial charge in [0.25, 0.3) is 0 Å². The first kappa shape index (κ1) is 12.6. The van der Waals surface area contributed by atoms with E-state index in [0.717, 1.165) is 16.9 Å². The zero-order valence-corrected chi connectivity index (χ0v) is 10.4. The number of carboxylic acid groups (broad SMARTS) is 1. The molecule has 96 valence electrons. The number of carboxylic acids is 1. The Morgan fingerprint density at radius 1 is 1.50 bits per heavy atom. The largest absolute Gasteiger partial charge is 0.478 e. The van der Waals surface area contributed by atoms with Crippen molar-refractivity contribution in [3.8, 4) is 0 Å². The number of hydrogen-bond donors (Lipinski definition) is 2. The maximum absolute atomic E-state index is 10.8. The first-order chi connectivity index (χ1) is 8.56. The maximum atomic E-state index is 10.8. The van der Waals surface area contributed by atoms with Crippen molar-refractivity contribution in [1.82, 2.24) is 9.97 Å². The number of imidazole rings is 1. The molecule has 0 aliphatic rings. The van der Waals surface area contributed by atoms with Crippen molar-refractivity contribution in [1.29, 1.82) is 0 Å². The number of aromatic nitrogens is 2. The van der Waals surface area contributed by atoms with Crippen molar-refractivity contribution in [3.05, 3.63) is 29.6 Å². The molecule has 2 rings (SSSR count). The van der Waals surface area contributed by atoms with E-state index in [1.54, 1.807) is 18.2 Å². The topological polar surface area (TPSA) is 75.2 Å². The van der Waals surface area contributed by atoms with Gasteiger partial charge in [-0.25, -0.2) is 9.78 Å². The lowest BCUT2D eigenvalue weighted by atomic mass is 10.2. The summed E-state index contributed by atoms with van der Waals surface area (Å²) in [5.74, 6) is -0.121. The van der Waals surface area contributed by atoms with Crippen LogP contribution < -0.4 is 0 Å². The van der Waals surface area contributed by atoms with Crippen molar-refractivity contribution in [3.63, 3.8) is 0 Å². The molecule has 0 bridgehead atoms. The molecule has 0 fully saturated rings. The van der Waals surface area contributed by atoms with Crippen LogP contribution in [0.2, 0.25) is 0 Å². The molecule has 1 aromatic carbocycles. The molecule has 0 atom stereocenters. The summed E-state index contributed by atoms with van der Waals surface area (Å²) < 4.78 is 5.45. The van der Waals surface area contributed by atoms with Gasteiger partial charge in [0, 0.05) is 6.42 Å². The number of rotatable bonds is 5. The van der Waals surface area contributed by atoms with Crippen LogP contribution in [0.1, 0.15) is 30.0 Å². The minimum Gasteiger partial charge on any atom is -0.478 e. The van der Waals surface area contributed by atoms with Gasteiger partial charge >= 0.3 is 5.97 Å². The molecule has 1 heterocycles. The van der Waals surface area contributed by atoms with Gasteiger partial charge in [-0.05, 0) is 32.0 Å². The minimum atomic E-state index is -0.934. The number of nitrogens with one attached hydrogen (secondary N) is 1. The summed E-state index contributed by atoms with van der Waals surface area (Å²) in [6.07, 6.45) is 0.892. The number of aromatic amines is 1. The van der Waals surface area contributed by atoms with Crippen molar-refractivity contribution in [2.24, 2.45) is 0 Å². The summed E-state index contributed by atoms with van der Waals surface area (Å²) in [6.45, 7) is 4.57. The van der Waals surface area contributed by atoms with Gasteiger partial charge in [0.15, 0.2) is 0 Å². The Balaban J connectivity index is 2.14. The van der Waals surface area contributed by atoms with Crippen LogP contribution in [0.3, 0.4) is 0 Å². The van der Waals surface area contributed by atoms with Crippen molar-refractivity contribution in [2.75, 3.05) is 6.61 Å². The standard InChI is InChI=1S/C13H16N2O3/c1-8(2)18-6-5-12-14-10-4-3-9(13(16)17)7-11(10)15-12/h3-4,7-8H,5-6H2,1-2H3,(H,14,15)(H,16,17). The fraction of sp³-hybridized carbons (Fsp3) is 0.385. The number of H-pyrrole nitrogens is 1. The third kappa shape index (κ3) is 2.87. The number of ether oxygens (including phenoxy) is 1. The number of fused-ring (bicyclic) bond motifs is 1. The average molecular weight is 248 g/mol. The molecule has 18 heavy (non-hydrogen) atoms. The van der Waals surface area contributed by atoms with E-state index in [1.165, 1.54) is 0 Å². The highest BCUT2D eigenvalue weighted by Gasteiger charge is 2.07. The Labute approximate surface area is 105 Å². The highest BCUT2D eigenvalue weighted by atomic mass is 16.5. The molecule has 0 aliphatic carbocycles. The predicted molar refractivity (Wildman–Crippen MR) is 67.8 cm³/mol. The van der Waals surface area contributed by atoms with E-state index >= 15 is 0 Å². The zero-order chi connectivity index (χ0) is 13.1. The lowest BCUT2D eigenvalue weighted by Crippen LogP contribution is -2.06. The fourth-order valence-corrected chi connectivity index (χ4v) is 1.71. The Kier molecular flexibility index (Phi) is 3.62. The predicted octanol–water partition coefficient (Wildman–Crippen LogP) is 2.23. The summed E-state index contributed by atoms with van der Waals surface area (Å²) in [6, 6.07) is 4.86. The molecule has 0 amide bonds. The Morgan fingerprint density at radius 2 is 2.28 bits per heavy atom. The van der Waals surface area contributed by atoms with Gasteiger partial charge in [-0.15, -0.1) is 0 Å². The van der Waals surface area contributed by atoms with Gasteiger partial charge in [0.1, 0.15) is 5.82 Å². The Bertz CT molecular complexity index is 560. The highest BCUT2D eigenvalue weighted by molar-refractivity contribution is 5.92. The van der Waals surface area contributed by atoms with Crippen molar-refractivity contribution in [2.45, 2.75) is 26.4 Å². The molecule has 5 heteroatoms. The van der Waals surface area contributed by atoms with Crippen LogP contribution >= 0.6 is 0 Å². The van der Waals surface area contributed by atoms with Gasteiger partial charge in [-0.1, -0.05) is 0 Å². The second-order valence-corrected chi connectivity index (χ2v) is 4.39.